The van der Waals surface area contributed by atoms with Crippen LogP contribution in [0.2, 0.25) is 0 Å². The van der Waals surface area contributed by atoms with Gasteiger partial charge in [-0.1, -0.05) is 0 Å². The summed E-state index contributed by atoms with van der Waals surface area (Å²) in [5.41, 5.74) is 0.206. The Hall–Kier alpha value is -1.78. The van der Waals surface area contributed by atoms with Crippen molar-refractivity contribution in [1.82, 2.24) is 19.7 Å². The summed E-state index contributed by atoms with van der Waals surface area (Å²) < 4.78 is 1.25. The van der Waals surface area contributed by atoms with E-state index in [1.807, 2.05) is 0 Å². The first-order valence-electron chi connectivity index (χ1n) is 3.41. The van der Waals surface area contributed by atoms with Crippen LogP contribution in [0.5, 0.6) is 0 Å². The molecular weight excluding hydrogens is 156 g/mol. The first kappa shape index (κ1) is 6.90. The van der Waals surface area contributed by atoms with E-state index in [-0.39, 0.29) is 5.56 Å². The first-order chi connectivity index (χ1) is 5.79. The fraction of sp³-hybridized carbons (Fsp3) is 0.143. The molecule has 0 aliphatic heterocycles. The number of rotatable bonds is 0. The molecule has 12 heavy (non-hydrogen) atoms. The van der Waals surface area contributed by atoms with Gasteiger partial charge in [0.25, 0.3) is 5.56 Å². The van der Waals surface area contributed by atoms with Gasteiger partial charge in [0.05, 0.1) is 6.20 Å². The van der Waals surface area contributed by atoms with Gasteiger partial charge in [-0.25, -0.2) is 14.6 Å². The van der Waals surface area contributed by atoms with Crippen molar-refractivity contribution in [2.45, 2.75) is 0 Å². The second kappa shape index (κ2) is 2.37. The molecule has 0 unspecified atom stereocenters. The molecule has 2 rings (SSSR count). The lowest BCUT2D eigenvalue weighted by atomic mass is 10.3. The molecule has 0 bridgehead atoms. The molecule has 0 fully saturated rings. The molecule has 0 aliphatic rings. The van der Waals surface area contributed by atoms with Crippen molar-refractivity contribution in [3.8, 4) is 0 Å². The minimum Gasteiger partial charge on any atom is -0.265 e. The second-order valence-electron chi connectivity index (χ2n) is 2.40. The standard InChI is InChI=1S/C7H6N4O/c1-11-7(12)6-5(3-10-11)2-8-4-9-6/h2-4H,1H3. The van der Waals surface area contributed by atoms with Crippen LogP contribution in [0.15, 0.2) is 23.5 Å². The molecule has 5 nitrogen and oxygen atoms in total. The lowest BCUT2D eigenvalue weighted by molar-refractivity contribution is 0.715. The average Bonchev–Trinajstić information content (AvgIpc) is 2.12. The minimum atomic E-state index is -0.199. The summed E-state index contributed by atoms with van der Waals surface area (Å²) >= 11 is 0. The highest BCUT2D eigenvalue weighted by atomic mass is 16.1. The Kier molecular flexibility index (Phi) is 1.36. The Morgan fingerprint density at radius 3 is 3.08 bits per heavy atom. The van der Waals surface area contributed by atoms with E-state index in [2.05, 4.69) is 15.1 Å². The summed E-state index contributed by atoms with van der Waals surface area (Å²) in [5.74, 6) is 0. The van der Waals surface area contributed by atoms with Gasteiger partial charge in [0, 0.05) is 18.6 Å². The highest BCUT2D eigenvalue weighted by Crippen LogP contribution is 1.99. The van der Waals surface area contributed by atoms with Gasteiger partial charge in [-0.2, -0.15) is 5.10 Å². The van der Waals surface area contributed by atoms with Crippen LogP contribution in [-0.2, 0) is 7.05 Å². The van der Waals surface area contributed by atoms with E-state index in [0.29, 0.717) is 10.9 Å². The van der Waals surface area contributed by atoms with E-state index >= 15 is 0 Å². The minimum absolute atomic E-state index is 0.199. The highest BCUT2D eigenvalue weighted by Gasteiger charge is 2.00. The van der Waals surface area contributed by atoms with Crippen LogP contribution < -0.4 is 5.56 Å². The Morgan fingerprint density at radius 2 is 2.25 bits per heavy atom. The van der Waals surface area contributed by atoms with Gasteiger partial charge < -0.3 is 0 Å². The molecule has 0 amide bonds. The van der Waals surface area contributed by atoms with Gasteiger partial charge in [0.1, 0.15) is 11.8 Å². The van der Waals surface area contributed by atoms with Crippen molar-refractivity contribution in [2.75, 3.05) is 0 Å². The molecule has 0 aromatic carbocycles. The van der Waals surface area contributed by atoms with Crippen LogP contribution in [-0.4, -0.2) is 19.7 Å². The average molecular weight is 162 g/mol. The molecule has 0 radical (unpaired) electrons. The monoisotopic (exact) mass is 162 g/mol. The SMILES string of the molecule is Cn1ncc2cncnc2c1=O. The van der Waals surface area contributed by atoms with E-state index in [9.17, 15) is 4.79 Å². The van der Waals surface area contributed by atoms with E-state index in [1.165, 1.54) is 11.0 Å². The van der Waals surface area contributed by atoms with E-state index < -0.39 is 0 Å². The Bertz CT molecular complexity index is 476. The molecule has 0 spiro atoms. The zero-order valence-corrected chi connectivity index (χ0v) is 6.43. The largest absolute Gasteiger partial charge is 0.293 e. The van der Waals surface area contributed by atoms with Crippen molar-refractivity contribution in [3.63, 3.8) is 0 Å². The van der Waals surface area contributed by atoms with E-state index in [1.54, 1.807) is 19.4 Å². The third-order valence-electron chi connectivity index (χ3n) is 1.61. The van der Waals surface area contributed by atoms with Crippen molar-refractivity contribution in [2.24, 2.45) is 7.05 Å². The summed E-state index contributed by atoms with van der Waals surface area (Å²) in [7, 11) is 1.59. The fourth-order valence-electron chi connectivity index (χ4n) is 0.968. The molecule has 2 aromatic heterocycles. The number of hydrogen-bond donors (Lipinski definition) is 0. The molecule has 60 valence electrons. The quantitative estimate of drug-likeness (QED) is 0.534. The van der Waals surface area contributed by atoms with Crippen LogP contribution in [0.3, 0.4) is 0 Å². The van der Waals surface area contributed by atoms with Gasteiger partial charge in [0.15, 0.2) is 0 Å². The third-order valence-corrected chi connectivity index (χ3v) is 1.61. The lowest BCUT2D eigenvalue weighted by Crippen LogP contribution is -2.19. The molecule has 0 saturated heterocycles. The zero-order chi connectivity index (χ0) is 8.55. The van der Waals surface area contributed by atoms with Gasteiger partial charge >= 0.3 is 0 Å². The van der Waals surface area contributed by atoms with E-state index in [4.69, 9.17) is 0 Å². The fourth-order valence-corrected chi connectivity index (χ4v) is 0.968. The molecule has 2 heterocycles. The zero-order valence-electron chi connectivity index (χ0n) is 6.43. The summed E-state index contributed by atoms with van der Waals surface area (Å²) in [6, 6.07) is 0. The number of hydrogen-bond acceptors (Lipinski definition) is 4. The number of aromatic nitrogens is 4. The van der Waals surface area contributed by atoms with Crippen molar-refractivity contribution >= 4 is 10.9 Å². The molecular formula is C7H6N4O. The summed E-state index contributed by atoms with van der Waals surface area (Å²) in [4.78, 5) is 19.0. The molecule has 0 atom stereocenters. The van der Waals surface area contributed by atoms with Crippen molar-refractivity contribution in [1.29, 1.82) is 0 Å². The Labute approximate surface area is 67.7 Å². The summed E-state index contributed by atoms with van der Waals surface area (Å²) in [5, 5.41) is 4.50. The van der Waals surface area contributed by atoms with Gasteiger partial charge in [-0.15, -0.1) is 0 Å². The van der Waals surface area contributed by atoms with Crippen molar-refractivity contribution < 1.29 is 0 Å². The molecule has 2 aromatic rings. The van der Waals surface area contributed by atoms with Gasteiger partial charge in [-0.3, -0.25) is 4.79 Å². The topological polar surface area (TPSA) is 60.7 Å². The van der Waals surface area contributed by atoms with Crippen molar-refractivity contribution in [3.05, 3.63) is 29.1 Å². The van der Waals surface area contributed by atoms with Crippen LogP contribution >= 0.6 is 0 Å². The van der Waals surface area contributed by atoms with Crippen LogP contribution in [0.1, 0.15) is 0 Å². The normalized spacial score (nSPS) is 10.4. The molecule has 0 aliphatic carbocycles. The Morgan fingerprint density at radius 1 is 1.42 bits per heavy atom. The maximum atomic E-state index is 11.3. The lowest BCUT2D eigenvalue weighted by Gasteiger charge is -1.96. The predicted octanol–water partition coefficient (Wildman–Crippen LogP) is -0.277. The number of fused-ring (bicyclic) bond motifs is 1. The maximum absolute atomic E-state index is 11.3. The number of nitrogens with zero attached hydrogens (tertiary/aromatic N) is 4. The van der Waals surface area contributed by atoms with Gasteiger partial charge in [-0.05, 0) is 0 Å². The molecule has 5 heteroatoms. The molecule has 0 N–H and O–H groups in total. The maximum Gasteiger partial charge on any atom is 0.293 e. The smallest absolute Gasteiger partial charge is 0.265 e. The predicted molar refractivity (Wildman–Crippen MR) is 42.6 cm³/mol. The Balaban J connectivity index is 3.01. The van der Waals surface area contributed by atoms with Crippen LogP contribution in [0.25, 0.3) is 10.9 Å². The van der Waals surface area contributed by atoms with E-state index in [0.717, 1.165) is 0 Å². The number of aryl methyl sites for hydroxylation is 1. The second-order valence-corrected chi connectivity index (χ2v) is 2.40. The van der Waals surface area contributed by atoms with Gasteiger partial charge in [0.2, 0.25) is 0 Å². The highest BCUT2D eigenvalue weighted by molar-refractivity contribution is 5.74. The first-order valence-corrected chi connectivity index (χ1v) is 3.41. The van der Waals surface area contributed by atoms with Crippen LogP contribution in [0.4, 0.5) is 0 Å². The van der Waals surface area contributed by atoms with Crippen LogP contribution in [0, 0.1) is 0 Å². The third kappa shape index (κ3) is 0.868. The summed E-state index contributed by atoms with van der Waals surface area (Å²) in [6.07, 6.45) is 4.48. The summed E-state index contributed by atoms with van der Waals surface area (Å²) in [6.45, 7) is 0. The molecule has 0 saturated carbocycles.